The maximum atomic E-state index is 13.1. The zero-order valence-electron chi connectivity index (χ0n) is 14.3. The van der Waals surface area contributed by atoms with E-state index in [0.717, 1.165) is 16.9 Å². The van der Waals surface area contributed by atoms with Crippen LogP contribution in [-0.2, 0) is 11.8 Å². The molecule has 1 aliphatic heterocycles. The summed E-state index contributed by atoms with van der Waals surface area (Å²) in [6, 6.07) is 20.7. The number of carbonyl (C=O) groups is 1. The van der Waals surface area contributed by atoms with Gasteiger partial charge in [-0.2, -0.15) is 10.1 Å². The number of anilines is 2. The Balaban J connectivity index is 1.84. The van der Waals surface area contributed by atoms with Gasteiger partial charge in [-0.05, 0) is 42.5 Å². The Morgan fingerprint density at radius 1 is 0.962 bits per heavy atom. The highest BCUT2D eigenvalue weighted by Crippen LogP contribution is 2.28. The van der Waals surface area contributed by atoms with Gasteiger partial charge in [0.1, 0.15) is 5.71 Å². The van der Waals surface area contributed by atoms with Crippen molar-refractivity contribution in [1.82, 2.24) is 4.57 Å². The van der Waals surface area contributed by atoms with Crippen LogP contribution in [0, 0.1) is 0 Å². The van der Waals surface area contributed by atoms with Gasteiger partial charge in [-0.1, -0.05) is 30.3 Å². The van der Waals surface area contributed by atoms with Crippen LogP contribution in [-0.4, -0.2) is 16.2 Å². The molecule has 0 saturated carbocycles. The van der Waals surface area contributed by atoms with E-state index in [-0.39, 0.29) is 5.91 Å². The minimum Gasteiger partial charge on any atom is -0.399 e. The first-order valence-corrected chi connectivity index (χ1v) is 8.31. The summed E-state index contributed by atoms with van der Waals surface area (Å²) in [6.45, 7) is 0. The average Bonchev–Trinajstić information content (AvgIpc) is 3.21. The molecule has 2 N–H and O–H groups in total. The summed E-state index contributed by atoms with van der Waals surface area (Å²) in [5.74, 6) is -0.149. The molecule has 2 aromatic carbocycles. The summed E-state index contributed by atoms with van der Waals surface area (Å²) in [4.78, 5) is 13.1. The molecule has 0 aliphatic carbocycles. The van der Waals surface area contributed by atoms with Crippen molar-refractivity contribution in [3.8, 4) is 0 Å². The maximum Gasteiger partial charge on any atom is 0.281 e. The first kappa shape index (κ1) is 15.9. The van der Waals surface area contributed by atoms with Crippen LogP contribution in [0.3, 0.4) is 0 Å². The lowest BCUT2D eigenvalue weighted by Crippen LogP contribution is -2.21. The van der Waals surface area contributed by atoms with Crippen LogP contribution in [0.1, 0.15) is 11.3 Å². The van der Waals surface area contributed by atoms with E-state index >= 15 is 0 Å². The van der Waals surface area contributed by atoms with Crippen molar-refractivity contribution in [1.29, 1.82) is 0 Å². The van der Waals surface area contributed by atoms with E-state index in [1.165, 1.54) is 5.01 Å². The summed E-state index contributed by atoms with van der Waals surface area (Å²) in [7, 11) is 1.95. The Hall–Kier alpha value is -3.60. The van der Waals surface area contributed by atoms with Crippen LogP contribution >= 0.6 is 0 Å². The Morgan fingerprint density at radius 2 is 1.69 bits per heavy atom. The summed E-state index contributed by atoms with van der Waals surface area (Å²) in [5, 5.41) is 6.06. The van der Waals surface area contributed by atoms with Crippen molar-refractivity contribution in [2.75, 3.05) is 10.7 Å². The molecule has 2 heterocycles. The number of hydrogen-bond donors (Lipinski definition) is 1. The summed E-state index contributed by atoms with van der Waals surface area (Å²) >= 11 is 0. The van der Waals surface area contributed by atoms with Crippen LogP contribution < -0.4 is 10.7 Å². The second kappa shape index (κ2) is 6.37. The monoisotopic (exact) mass is 342 g/mol. The number of carbonyl (C=O) groups excluding carboxylic acids is 1. The fourth-order valence-electron chi connectivity index (χ4n) is 2.92. The van der Waals surface area contributed by atoms with Crippen LogP contribution in [0.25, 0.3) is 6.08 Å². The van der Waals surface area contributed by atoms with Crippen LogP contribution in [0.5, 0.6) is 0 Å². The van der Waals surface area contributed by atoms with Crippen molar-refractivity contribution >= 4 is 29.1 Å². The number of amides is 1. The topological polar surface area (TPSA) is 63.6 Å². The quantitative estimate of drug-likeness (QED) is 0.585. The van der Waals surface area contributed by atoms with Crippen molar-refractivity contribution in [3.05, 3.63) is 89.8 Å². The molecule has 0 atom stereocenters. The Labute approximate surface area is 151 Å². The molecule has 3 aromatic rings. The van der Waals surface area contributed by atoms with Crippen LogP contribution in [0.4, 0.5) is 11.4 Å². The number of rotatable bonds is 3. The predicted octanol–water partition coefficient (Wildman–Crippen LogP) is 3.44. The third-order valence-corrected chi connectivity index (χ3v) is 4.34. The lowest BCUT2D eigenvalue weighted by molar-refractivity contribution is -0.114. The number of aromatic nitrogens is 1. The number of nitrogens with zero attached hydrogens (tertiary/aromatic N) is 3. The largest absolute Gasteiger partial charge is 0.399 e. The molecule has 26 heavy (non-hydrogen) atoms. The maximum absolute atomic E-state index is 13.1. The number of para-hydroxylation sites is 1. The van der Waals surface area contributed by atoms with Crippen molar-refractivity contribution in [3.63, 3.8) is 0 Å². The number of aryl methyl sites for hydroxylation is 1. The average molecular weight is 342 g/mol. The molecule has 5 heteroatoms. The van der Waals surface area contributed by atoms with E-state index < -0.39 is 0 Å². The highest BCUT2D eigenvalue weighted by molar-refractivity contribution is 6.37. The Kier molecular flexibility index (Phi) is 3.89. The SMILES string of the molecule is Cn1cccc1/C=C1\C(=O)N(c2ccccc2)N=C1c1ccc(N)cc1. The van der Waals surface area contributed by atoms with Crippen molar-refractivity contribution in [2.24, 2.45) is 12.1 Å². The fourth-order valence-corrected chi connectivity index (χ4v) is 2.92. The number of nitrogen functional groups attached to an aromatic ring is 1. The second-order valence-electron chi connectivity index (χ2n) is 6.13. The number of benzene rings is 2. The Morgan fingerprint density at radius 3 is 2.35 bits per heavy atom. The van der Waals surface area contributed by atoms with Gasteiger partial charge in [0.25, 0.3) is 5.91 Å². The molecular formula is C21H18N4O. The lowest BCUT2D eigenvalue weighted by Gasteiger charge is -2.10. The van der Waals surface area contributed by atoms with E-state index in [2.05, 4.69) is 5.10 Å². The summed E-state index contributed by atoms with van der Waals surface area (Å²) < 4.78 is 1.96. The smallest absolute Gasteiger partial charge is 0.281 e. The van der Waals surface area contributed by atoms with E-state index in [1.807, 2.05) is 90.6 Å². The van der Waals surface area contributed by atoms with Crippen molar-refractivity contribution in [2.45, 2.75) is 0 Å². The first-order valence-electron chi connectivity index (χ1n) is 8.31. The Bertz CT molecular complexity index is 1010. The van der Waals surface area contributed by atoms with Gasteiger partial charge in [0.2, 0.25) is 0 Å². The zero-order chi connectivity index (χ0) is 18.1. The van der Waals surface area contributed by atoms with E-state index in [9.17, 15) is 4.79 Å². The minimum absolute atomic E-state index is 0.149. The molecule has 0 fully saturated rings. The fraction of sp³-hybridized carbons (Fsp3) is 0.0476. The molecule has 128 valence electrons. The second-order valence-corrected chi connectivity index (χ2v) is 6.13. The molecule has 1 amide bonds. The molecular weight excluding hydrogens is 324 g/mol. The van der Waals surface area contributed by atoms with Gasteiger partial charge in [-0.15, -0.1) is 0 Å². The molecule has 5 nitrogen and oxygen atoms in total. The molecule has 4 rings (SSSR count). The predicted molar refractivity (Wildman–Crippen MR) is 105 cm³/mol. The third-order valence-electron chi connectivity index (χ3n) is 4.34. The number of hydrogen-bond acceptors (Lipinski definition) is 3. The molecule has 0 radical (unpaired) electrons. The van der Waals surface area contributed by atoms with E-state index in [4.69, 9.17) is 5.73 Å². The molecule has 0 unspecified atom stereocenters. The van der Waals surface area contributed by atoms with Gasteiger partial charge >= 0.3 is 0 Å². The highest BCUT2D eigenvalue weighted by atomic mass is 16.2. The summed E-state index contributed by atoms with van der Waals surface area (Å²) in [6.07, 6.45) is 3.82. The van der Waals surface area contributed by atoms with Gasteiger partial charge in [-0.3, -0.25) is 4.79 Å². The van der Waals surface area contributed by atoms with Gasteiger partial charge in [0.15, 0.2) is 0 Å². The third kappa shape index (κ3) is 2.80. The molecule has 0 saturated heterocycles. The van der Waals surface area contributed by atoms with E-state index in [1.54, 1.807) is 0 Å². The standard InChI is InChI=1S/C21H18N4O/c1-24-13-5-8-18(24)14-19-20(15-9-11-16(22)12-10-15)23-25(21(19)26)17-6-3-2-4-7-17/h2-14H,22H2,1H3/b19-14-. The lowest BCUT2D eigenvalue weighted by atomic mass is 10.0. The van der Waals surface area contributed by atoms with Gasteiger partial charge in [0.05, 0.1) is 11.3 Å². The summed E-state index contributed by atoms with van der Waals surface area (Å²) in [5.41, 5.74) is 10.2. The van der Waals surface area contributed by atoms with Crippen molar-refractivity contribution < 1.29 is 4.79 Å². The van der Waals surface area contributed by atoms with Gasteiger partial charge in [0, 0.05) is 30.2 Å². The molecule has 0 bridgehead atoms. The normalized spacial score (nSPS) is 15.6. The van der Waals surface area contributed by atoms with Gasteiger partial charge in [-0.25, -0.2) is 0 Å². The molecule has 1 aliphatic rings. The van der Waals surface area contributed by atoms with Gasteiger partial charge < -0.3 is 10.3 Å². The van der Waals surface area contributed by atoms with Crippen LogP contribution in [0.15, 0.2) is 83.6 Å². The number of hydrazone groups is 1. The molecule has 1 aromatic heterocycles. The first-order chi connectivity index (χ1) is 12.6. The zero-order valence-corrected chi connectivity index (χ0v) is 14.3. The number of nitrogens with two attached hydrogens (primary N) is 1. The molecule has 0 spiro atoms. The highest BCUT2D eigenvalue weighted by Gasteiger charge is 2.32. The van der Waals surface area contributed by atoms with E-state index in [0.29, 0.717) is 17.0 Å². The van der Waals surface area contributed by atoms with Crippen LogP contribution in [0.2, 0.25) is 0 Å². The minimum atomic E-state index is -0.149.